The zero-order valence-corrected chi connectivity index (χ0v) is 11.0. The smallest absolute Gasteiger partial charge is 0.0964 e. The lowest BCUT2D eigenvalue weighted by molar-refractivity contribution is 1.12. The quantitative estimate of drug-likeness (QED) is 0.708. The highest BCUT2D eigenvalue weighted by molar-refractivity contribution is 6.33. The van der Waals surface area contributed by atoms with E-state index in [1.807, 2.05) is 12.1 Å². The van der Waals surface area contributed by atoms with E-state index in [4.69, 9.17) is 15.7 Å². The van der Waals surface area contributed by atoms with Crippen LogP contribution in [-0.4, -0.2) is 15.7 Å². The summed E-state index contributed by atoms with van der Waals surface area (Å²) in [5.74, 6) is 0. The van der Waals surface area contributed by atoms with Crippen molar-refractivity contribution in [1.82, 2.24) is 0 Å². The molecule has 0 amide bonds. The van der Waals surface area contributed by atoms with Gasteiger partial charge in [-0.25, -0.2) is 0 Å². The molecule has 0 aliphatic rings. The van der Waals surface area contributed by atoms with Crippen LogP contribution >= 0.6 is 0 Å². The summed E-state index contributed by atoms with van der Waals surface area (Å²) >= 11 is 0. The van der Waals surface area contributed by atoms with E-state index in [2.05, 4.69) is 38.1 Å². The van der Waals surface area contributed by atoms with Gasteiger partial charge < -0.3 is 0 Å². The number of benzene rings is 2. The highest BCUT2D eigenvalue weighted by Gasteiger charge is 2.08. The van der Waals surface area contributed by atoms with E-state index in [0.29, 0.717) is 0 Å². The SMILES string of the molecule is [B]c1ccc(-c2cc([B])ccc2CC)c(CC)c1. The molecular formula is C16H16B2. The van der Waals surface area contributed by atoms with E-state index in [9.17, 15) is 0 Å². The summed E-state index contributed by atoms with van der Waals surface area (Å²) in [7, 11) is 11.8. The van der Waals surface area contributed by atoms with Crippen molar-refractivity contribution in [3.8, 4) is 11.1 Å². The molecule has 2 heteroatoms. The Balaban J connectivity index is 2.64. The molecule has 18 heavy (non-hydrogen) atoms. The highest BCUT2D eigenvalue weighted by Crippen LogP contribution is 2.26. The predicted molar refractivity (Wildman–Crippen MR) is 81.4 cm³/mol. The average molecular weight is 230 g/mol. The molecule has 86 valence electrons. The lowest BCUT2D eigenvalue weighted by Gasteiger charge is -2.14. The monoisotopic (exact) mass is 230 g/mol. The summed E-state index contributed by atoms with van der Waals surface area (Å²) in [6.45, 7) is 4.31. The highest BCUT2D eigenvalue weighted by atomic mass is 14.1. The third-order valence-electron chi connectivity index (χ3n) is 3.32. The van der Waals surface area contributed by atoms with Crippen molar-refractivity contribution in [3.05, 3.63) is 47.5 Å². The van der Waals surface area contributed by atoms with Crippen molar-refractivity contribution in [2.24, 2.45) is 0 Å². The lowest BCUT2D eigenvalue weighted by atomic mass is 9.84. The molecule has 4 radical (unpaired) electrons. The Labute approximate surface area is 112 Å². The average Bonchev–Trinajstić information content (AvgIpc) is 2.38. The van der Waals surface area contributed by atoms with Crippen LogP contribution in [0.1, 0.15) is 25.0 Å². The molecular weight excluding hydrogens is 214 g/mol. The van der Waals surface area contributed by atoms with Gasteiger partial charge in [-0.1, -0.05) is 61.2 Å². The van der Waals surface area contributed by atoms with Gasteiger partial charge in [-0.2, -0.15) is 0 Å². The van der Waals surface area contributed by atoms with Crippen molar-refractivity contribution < 1.29 is 0 Å². The molecule has 0 bridgehead atoms. The molecule has 0 fully saturated rings. The van der Waals surface area contributed by atoms with Crippen molar-refractivity contribution in [2.75, 3.05) is 0 Å². The van der Waals surface area contributed by atoms with Crippen molar-refractivity contribution in [1.29, 1.82) is 0 Å². The maximum Gasteiger partial charge on any atom is 0.113 e. The van der Waals surface area contributed by atoms with Gasteiger partial charge in [0.15, 0.2) is 0 Å². The summed E-state index contributed by atoms with van der Waals surface area (Å²) in [5, 5.41) is 0. The summed E-state index contributed by atoms with van der Waals surface area (Å²) in [5.41, 5.74) is 6.70. The van der Waals surface area contributed by atoms with Gasteiger partial charge in [-0.05, 0) is 35.1 Å². The summed E-state index contributed by atoms with van der Waals surface area (Å²) in [4.78, 5) is 0. The van der Waals surface area contributed by atoms with Gasteiger partial charge >= 0.3 is 0 Å². The maximum atomic E-state index is 5.92. The van der Waals surface area contributed by atoms with Crippen LogP contribution in [0.25, 0.3) is 11.1 Å². The Morgan fingerprint density at radius 3 is 2.00 bits per heavy atom. The molecule has 0 spiro atoms. The van der Waals surface area contributed by atoms with Crippen LogP contribution in [0.3, 0.4) is 0 Å². The Morgan fingerprint density at radius 2 is 1.33 bits per heavy atom. The zero-order valence-electron chi connectivity index (χ0n) is 11.0. The van der Waals surface area contributed by atoms with Gasteiger partial charge in [0.05, 0.1) is 0 Å². The van der Waals surface area contributed by atoms with E-state index in [0.717, 1.165) is 23.8 Å². The topological polar surface area (TPSA) is 0 Å². The normalized spacial score (nSPS) is 10.6. The van der Waals surface area contributed by atoms with Crippen LogP contribution < -0.4 is 10.9 Å². The van der Waals surface area contributed by atoms with E-state index in [1.54, 1.807) is 0 Å². The molecule has 0 heterocycles. The van der Waals surface area contributed by atoms with Crippen LogP contribution in [0.4, 0.5) is 0 Å². The molecule has 0 saturated carbocycles. The third-order valence-corrected chi connectivity index (χ3v) is 3.32. The molecule has 2 aromatic rings. The van der Waals surface area contributed by atoms with E-state index in [1.165, 1.54) is 22.3 Å². The van der Waals surface area contributed by atoms with Crippen molar-refractivity contribution >= 4 is 26.6 Å². The Bertz CT molecular complexity index is 559. The first-order valence-corrected chi connectivity index (χ1v) is 6.42. The van der Waals surface area contributed by atoms with Gasteiger partial charge in [-0.3, -0.25) is 0 Å². The van der Waals surface area contributed by atoms with Crippen molar-refractivity contribution in [2.45, 2.75) is 26.7 Å². The Hall–Kier alpha value is -1.43. The van der Waals surface area contributed by atoms with Crippen LogP contribution in [0.2, 0.25) is 0 Å². The van der Waals surface area contributed by atoms with Gasteiger partial charge in [-0.15, -0.1) is 0 Å². The second kappa shape index (κ2) is 5.48. The predicted octanol–water partition coefficient (Wildman–Crippen LogP) is 2.07. The second-order valence-electron chi connectivity index (χ2n) is 4.54. The summed E-state index contributed by atoms with van der Waals surface area (Å²) in [6, 6.07) is 12.2. The first-order chi connectivity index (χ1) is 8.65. The minimum atomic E-state index is 0.807. The molecule has 0 aliphatic heterocycles. The van der Waals surface area contributed by atoms with Crippen LogP contribution in [0, 0.1) is 0 Å². The first-order valence-electron chi connectivity index (χ1n) is 6.42. The molecule has 0 N–H and O–H groups in total. The first kappa shape index (κ1) is 13.0. The minimum absolute atomic E-state index is 0.807. The van der Waals surface area contributed by atoms with Crippen LogP contribution in [0.5, 0.6) is 0 Å². The second-order valence-corrected chi connectivity index (χ2v) is 4.54. The fourth-order valence-corrected chi connectivity index (χ4v) is 2.32. The zero-order chi connectivity index (χ0) is 13.1. The molecule has 2 rings (SSSR count). The van der Waals surface area contributed by atoms with Crippen LogP contribution in [0.15, 0.2) is 36.4 Å². The van der Waals surface area contributed by atoms with Gasteiger partial charge in [0.2, 0.25) is 0 Å². The lowest BCUT2D eigenvalue weighted by Crippen LogP contribution is -2.07. The number of rotatable bonds is 3. The Morgan fingerprint density at radius 1 is 0.722 bits per heavy atom. The number of hydrogen-bond donors (Lipinski definition) is 0. The van der Waals surface area contributed by atoms with Gasteiger partial charge in [0.1, 0.15) is 15.7 Å². The van der Waals surface area contributed by atoms with E-state index in [-0.39, 0.29) is 0 Å². The van der Waals surface area contributed by atoms with Crippen molar-refractivity contribution in [3.63, 3.8) is 0 Å². The molecule has 0 aromatic heterocycles. The van der Waals surface area contributed by atoms with Crippen LogP contribution in [-0.2, 0) is 12.8 Å². The van der Waals surface area contributed by atoms with E-state index < -0.39 is 0 Å². The Kier molecular flexibility index (Phi) is 3.96. The third kappa shape index (κ3) is 2.53. The minimum Gasteiger partial charge on any atom is -0.0964 e. The summed E-state index contributed by atoms with van der Waals surface area (Å²) < 4.78 is 0. The van der Waals surface area contributed by atoms with Gasteiger partial charge in [0.25, 0.3) is 0 Å². The molecule has 0 saturated heterocycles. The summed E-state index contributed by atoms with van der Waals surface area (Å²) in [6.07, 6.45) is 1.97. The molecule has 2 aromatic carbocycles. The maximum absolute atomic E-state index is 5.92. The molecule has 0 atom stereocenters. The number of hydrogen-bond acceptors (Lipinski definition) is 0. The molecule has 0 aliphatic carbocycles. The fourth-order valence-electron chi connectivity index (χ4n) is 2.32. The fraction of sp³-hybridized carbons (Fsp3) is 0.250. The molecule has 0 nitrogen and oxygen atoms in total. The largest absolute Gasteiger partial charge is 0.113 e. The van der Waals surface area contributed by atoms with E-state index >= 15 is 0 Å². The molecule has 0 unspecified atom stereocenters. The standard InChI is InChI=1S/C16H16B2/c1-3-11-5-6-14(18)10-16(11)15-8-7-13(17)9-12(15)4-2/h5-10H,3-4H2,1-2H3. The number of aryl methyl sites for hydroxylation is 2. The van der Waals surface area contributed by atoms with Gasteiger partial charge in [0, 0.05) is 0 Å².